The van der Waals surface area contributed by atoms with Gasteiger partial charge in [-0.1, -0.05) is 20.8 Å². The van der Waals surface area contributed by atoms with Crippen molar-refractivity contribution >= 4 is 17.5 Å². The molecule has 1 N–H and O–H groups in total. The number of anilines is 1. The molecule has 1 aromatic heterocycles. The van der Waals surface area contributed by atoms with Gasteiger partial charge in [-0.25, -0.2) is 4.39 Å². The van der Waals surface area contributed by atoms with Crippen molar-refractivity contribution < 1.29 is 14.0 Å². The Kier molecular flexibility index (Phi) is 6.74. The van der Waals surface area contributed by atoms with Gasteiger partial charge in [-0.05, 0) is 49.2 Å². The first-order chi connectivity index (χ1) is 14.5. The molecule has 2 heterocycles. The summed E-state index contributed by atoms with van der Waals surface area (Å²) in [5.74, 6) is -0.550. The highest BCUT2D eigenvalue weighted by Crippen LogP contribution is 2.24. The third-order valence-electron chi connectivity index (χ3n) is 5.60. The van der Waals surface area contributed by atoms with Crippen LogP contribution < -0.4 is 5.32 Å². The summed E-state index contributed by atoms with van der Waals surface area (Å²) in [6, 6.07) is 6.33. The molecule has 0 unspecified atom stereocenters. The monoisotopic (exact) mass is 426 g/mol. The second-order valence-electron chi connectivity index (χ2n) is 9.20. The summed E-state index contributed by atoms with van der Waals surface area (Å²) >= 11 is 0. The summed E-state index contributed by atoms with van der Waals surface area (Å²) in [6.45, 7) is 12.9. The summed E-state index contributed by atoms with van der Waals surface area (Å²) < 4.78 is 14.3. The van der Waals surface area contributed by atoms with Crippen LogP contribution in [-0.4, -0.2) is 52.8 Å². The summed E-state index contributed by atoms with van der Waals surface area (Å²) in [5, 5.41) is 2.81. The molecule has 0 saturated carbocycles. The Labute approximate surface area is 183 Å². The smallest absolute Gasteiger partial charge is 0.257 e. The third-order valence-corrected chi connectivity index (χ3v) is 5.60. The van der Waals surface area contributed by atoms with E-state index in [2.05, 4.69) is 15.2 Å². The van der Waals surface area contributed by atoms with Crippen LogP contribution in [0.5, 0.6) is 0 Å². The molecule has 0 atom stereocenters. The molecule has 1 fully saturated rings. The second-order valence-corrected chi connectivity index (χ2v) is 9.20. The minimum atomic E-state index is -0.389. The van der Waals surface area contributed by atoms with Crippen molar-refractivity contribution in [2.75, 3.05) is 31.5 Å². The van der Waals surface area contributed by atoms with E-state index in [0.29, 0.717) is 30.9 Å². The van der Waals surface area contributed by atoms with Crippen LogP contribution in [0.1, 0.15) is 48.0 Å². The molecule has 6 nitrogen and oxygen atoms in total. The van der Waals surface area contributed by atoms with Crippen LogP contribution in [0.15, 0.2) is 30.5 Å². The lowest BCUT2D eigenvalue weighted by molar-refractivity contribution is -0.141. The maximum atomic E-state index is 14.3. The van der Waals surface area contributed by atoms with Crippen LogP contribution in [0.25, 0.3) is 0 Å². The maximum absolute atomic E-state index is 14.3. The van der Waals surface area contributed by atoms with E-state index in [1.165, 1.54) is 18.3 Å². The first-order valence-electron chi connectivity index (χ1n) is 10.6. The summed E-state index contributed by atoms with van der Waals surface area (Å²) in [5.41, 5.74) is 2.99. The zero-order valence-corrected chi connectivity index (χ0v) is 19.0. The van der Waals surface area contributed by atoms with Crippen LogP contribution in [0.2, 0.25) is 0 Å². The number of benzene rings is 1. The number of carbonyl (C=O) groups is 2. The van der Waals surface area contributed by atoms with Gasteiger partial charge in [0.15, 0.2) is 0 Å². The van der Waals surface area contributed by atoms with E-state index in [-0.39, 0.29) is 23.0 Å². The van der Waals surface area contributed by atoms with Crippen molar-refractivity contribution in [2.24, 2.45) is 5.41 Å². The standard InChI is InChI=1S/C24H31FN4O2/c1-16-6-7-18(14-26-16)22(30)27-21-13-20(25)12-19(17(21)2)15-28-8-10-29(11-9-28)23(31)24(3,4)5/h6-7,12-14H,8-11,15H2,1-5H3,(H,27,30). The lowest BCUT2D eigenvalue weighted by atomic mass is 9.94. The number of rotatable bonds is 4. The van der Waals surface area contributed by atoms with Crippen LogP contribution in [-0.2, 0) is 11.3 Å². The Morgan fingerprint density at radius 1 is 1.10 bits per heavy atom. The molecular weight excluding hydrogens is 395 g/mol. The van der Waals surface area contributed by atoms with Crippen molar-refractivity contribution in [3.8, 4) is 0 Å². The fourth-order valence-corrected chi connectivity index (χ4v) is 3.65. The van der Waals surface area contributed by atoms with E-state index in [1.54, 1.807) is 12.1 Å². The predicted molar refractivity (Wildman–Crippen MR) is 119 cm³/mol. The largest absolute Gasteiger partial charge is 0.340 e. The van der Waals surface area contributed by atoms with Crippen LogP contribution in [0.4, 0.5) is 10.1 Å². The SMILES string of the molecule is Cc1ccc(C(=O)Nc2cc(F)cc(CN3CCN(C(=O)C(C)(C)C)CC3)c2C)cn1. The van der Waals surface area contributed by atoms with E-state index in [9.17, 15) is 14.0 Å². The second kappa shape index (κ2) is 9.14. The number of halogens is 1. The molecule has 1 aromatic carbocycles. The average molecular weight is 427 g/mol. The van der Waals surface area contributed by atoms with Gasteiger partial charge in [0.25, 0.3) is 5.91 Å². The first-order valence-corrected chi connectivity index (χ1v) is 10.6. The molecule has 3 rings (SSSR count). The number of piperazine rings is 1. The van der Waals surface area contributed by atoms with Crippen molar-refractivity contribution in [1.29, 1.82) is 0 Å². The number of aromatic nitrogens is 1. The van der Waals surface area contributed by atoms with Gasteiger partial charge in [-0.15, -0.1) is 0 Å². The molecule has 2 amide bonds. The molecule has 31 heavy (non-hydrogen) atoms. The van der Waals surface area contributed by atoms with Gasteiger partial charge in [-0.3, -0.25) is 19.5 Å². The fourth-order valence-electron chi connectivity index (χ4n) is 3.65. The number of nitrogens with zero attached hydrogens (tertiary/aromatic N) is 3. The number of pyridine rings is 1. The number of hydrogen-bond donors (Lipinski definition) is 1. The predicted octanol–water partition coefficient (Wildman–Crippen LogP) is 3.78. The van der Waals surface area contributed by atoms with Crippen LogP contribution in [0.3, 0.4) is 0 Å². The van der Waals surface area contributed by atoms with E-state index < -0.39 is 0 Å². The minimum absolute atomic E-state index is 0.157. The number of carbonyl (C=O) groups excluding carboxylic acids is 2. The summed E-state index contributed by atoms with van der Waals surface area (Å²) in [6.07, 6.45) is 1.51. The van der Waals surface area contributed by atoms with Gasteiger partial charge in [0.1, 0.15) is 5.82 Å². The summed E-state index contributed by atoms with van der Waals surface area (Å²) in [7, 11) is 0. The quantitative estimate of drug-likeness (QED) is 0.808. The molecule has 0 aliphatic carbocycles. The van der Waals surface area contributed by atoms with E-state index >= 15 is 0 Å². The maximum Gasteiger partial charge on any atom is 0.257 e. The van der Waals surface area contributed by atoms with Gasteiger partial charge >= 0.3 is 0 Å². The zero-order valence-electron chi connectivity index (χ0n) is 19.0. The van der Waals surface area contributed by atoms with Gasteiger partial charge in [0.2, 0.25) is 5.91 Å². The molecular formula is C24H31FN4O2. The summed E-state index contributed by atoms with van der Waals surface area (Å²) in [4.78, 5) is 33.3. The van der Waals surface area contributed by atoms with Crippen molar-refractivity contribution in [2.45, 2.75) is 41.2 Å². The fraction of sp³-hybridized carbons (Fsp3) is 0.458. The zero-order chi connectivity index (χ0) is 22.8. The molecule has 7 heteroatoms. The number of hydrogen-bond acceptors (Lipinski definition) is 4. The highest BCUT2D eigenvalue weighted by molar-refractivity contribution is 6.04. The van der Waals surface area contributed by atoms with Crippen LogP contribution in [0, 0.1) is 25.1 Å². The Hall–Kier alpha value is -2.80. The molecule has 2 aromatic rings. The molecule has 1 aliphatic rings. The average Bonchev–Trinajstić information content (AvgIpc) is 2.71. The Bertz CT molecular complexity index is 959. The third kappa shape index (κ3) is 5.67. The van der Waals surface area contributed by atoms with Crippen molar-refractivity contribution in [3.05, 3.63) is 58.7 Å². The van der Waals surface area contributed by atoms with Gasteiger partial charge in [0, 0.05) is 55.7 Å². The highest BCUT2D eigenvalue weighted by atomic mass is 19.1. The number of amides is 2. The van der Waals surface area contributed by atoms with Gasteiger partial charge in [-0.2, -0.15) is 0 Å². The lowest BCUT2D eigenvalue weighted by Crippen LogP contribution is -2.51. The Balaban J connectivity index is 1.68. The van der Waals surface area contributed by atoms with Crippen molar-refractivity contribution in [1.82, 2.24) is 14.8 Å². The molecule has 1 aliphatic heterocycles. The van der Waals surface area contributed by atoms with Gasteiger partial charge in [0.05, 0.1) is 5.56 Å². The molecule has 0 radical (unpaired) electrons. The number of nitrogens with one attached hydrogen (secondary N) is 1. The molecule has 0 bridgehead atoms. The normalized spacial score (nSPS) is 15.1. The molecule has 1 saturated heterocycles. The highest BCUT2D eigenvalue weighted by Gasteiger charge is 2.29. The Morgan fingerprint density at radius 3 is 2.35 bits per heavy atom. The molecule has 0 spiro atoms. The first kappa shape index (κ1) is 22.9. The van der Waals surface area contributed by atoms with E-state index in [0.717, 1.165) is 29.9 Å². The van der Waals surface area contributed by atoms with Crippen LogP contribution >= 0.6 is 0 Å². The topological polar surface area (TPSA) is 65.5 Å². The van der Waals surface area contributed by atoms with Gasteiger partial charge < -0.3 is 10.2 Å². The number of aryl methyl sites for hydroxylation is 1. The van der Waals surface area contributed by atoms with E-state index in [1.807, 2.05) is 39.5 Å². The minimum Gasteiger partial charge on any atom is -0.340 e. The Morgan fingerprint density at radius 2 is 1.77 bits per heavy atom. The van der Waals surface area contributed by atoms with E-state index in [4.69, 9.17) is 0 Å². The lowest BCUT2D eigenvalue weighted by Gasteiger charge is -2.37. The molecule has 166 valence electrons. The van der Waals surface area contributed by atoms with Crippen molar-refractivity contribution in [3.63, 3.8) is 0 Å².